The average Bonchev–Trinajstić information content (AvgIpc) is 2.48. The molecule has 1 aliphatic heterocycles. The molecule has 6 heteroatoms. The van der Waals surface area contributed by atoms with Crippen molar-refractivity contribution < 1.29 is 5.11 Å². The summed E-state index contributed by atoms with van der Waals surface area (Å²) in [5, 5.41) is 8.94. The van der Waals surface area contributed by atoms with E-state index in [2.05, 4.69) is 31.6 Å². The van der Waals surface area contributed by atoms with Crippen LogP contribution in [0.1, 0.15) is 6.92 Å². The third-order valence-corrected chi connectivity index (χ3v) is 3.62. The molecule has 1 aliphatic rings. The molecule has 0 atom stereocenters. The zero-order valence-corrected chi connectivity index (χ0v) is 11.8. The van der Waals surface area contributed by atoms with Crippen molar-refractivity contribution in [2.24, 2.45) is 0 Å². The molecule has 0 bridgehead atoms. The van der Waals surface area contributed by atoms with Gasteiger partial charge in [0.1, 0.15) is 18.0 Å². The van der Waals surface area contributed by atoms with Crippen molar-refractivity contribution in [1.82, 2.24) is 14.9 Å². The summed E-state index contributed by atoms with van der Waals surface area (Å²) >= 11 is 0. The summed E-state index contributed by atoms with van der Waals surface area (Å²) in [6, 6.07) is 2.05. The zero-order valence-electron chi connectivity index (χ0n) is 11.8. The molecular weight excluding hydrogens is 242 g/mol. The molecule has 0 spiro atoms. The number of aliphatic hydroxyl groups excluding tert-OH is 1. The normalized spacial score (nSPS) is 16.7. The Morgan fingerprint density at radius 1 is 1.26 bits per heavy atom. The third-order valence-electron chi connectivity index (χ3n) is 3.62. The molecule has 0 radical (unpaired) electrons. The van der Waals surface area contributed by atoms with Crippen LogP contribution in [0.25, 0.3) is 0 Å². The van der Waals surface area contributed by atoms with Gasteiger partial charge in [-0.15, -0.1) is 0 Å². The average molecular weight is 265 g/mol. The van der Waals surface area contributed by atoms with Gasteiger partial charge in [0, 0.05) is 52.4 Å². The molecule has 19 heavy (non-hydrogen) atoms. The number of hydrogen-bond donors (Lipinski definition) is 1. The maximum atomic E-state index is 8.94. The van der Waals surface area contributed by atoms with E-state index in [0.717, 1.165) is 50.9 Å². The van der Waals surface area contributed by atoms with Gasteiger partial charge < -0.3 is 14.9 Å². The summed E-state index contributed by atoms with van der Waals surface area (Å²) in [5.41, 5.74) is 0. The number of rotatable bonds is 5. The van der Waals surface area contributed by atoms with E-state index >= 15 is 0 Å². The minimum atomic E-state index is 0.235. The van der Waals surface area contributed by atoms with Crippen molar-refractivity contribution in [3.05, 3.63) is 12.4 Å². The summed E-state index contributed by atoms with van der Waals surface area (Å²) in [6.07, 6.45) is 1.64. The Morgan fingerprint density at radius 3 is 2.63 bits per heavy atom. The lowest BCUT2D eigenvalue weighted by molar-refractivity contribution is 0.188. The summed E-state index contributed by atoms with van der Waals surface area (Å²) < 4.78 is 0. The molecule has 1 aromatic heterocycles. The van der Waals surface area contributed by atoms with Crippen molar-refractivity contribution >= 4 is 11.6 Å². The van der Waals surface area contributed by atoms with Gasteiger partial charge in [0.25, 0.3) is 0 Å². The standard InChI is InChI=1S/C13H23N5O/c1-3-16(2)12-10-13(15-11-14-12)18-6-4-17(5-7-18)8-9-19/h10-11,19H,3-9H2,1-2H3. The van der Waals surface area contributed by atoms with E-state index in [1.165, 1.54) is 0 Å². The Kier molecular flexibility index (Phi) is 4.93. The van der Waals surface area contributed by atoms with Gasteiger partial charge in [0.15, 0.2) is 0 Å². The van der Waals surface area contributed by atoms with Crippen LogP contribution in [0.15, 0.2) is 12.4 Å². The number of hydrogen-bond acceptors (Lipinski definition) is 6. The van der Waals surface area contributed by atoms with Gasteiger partial charge in [-0.1, -0.05) is 0 Å². The van der Waals surface area contributed by atoms with Crippen LogP contribution >= 0.6 is 0 Å². The lowest BCUT2D eigenvalue weighted by Gasteiger charge is -2.35. The van der Waals surface area contributed by atoms with Crippen LogP contribution < -0.4 is 9.80 Å². The molecule has 1 aromatic rings. The molecule has 0 saturated carbocycles. The fourth-order valence-corrected chi connectivity index (χ4v) is 2.22. The molecular formula is C13H23N5O. The maximum Gasteiger partial charge on any atom is 0.134 e. The van der Waals surface area contributed by atoms with E-state index in [1.54, 1.807) is 6.33 Å². The number of nitrogens with zero attached hydrogens (tertiary/aromatic N) is 5. The maximum absolute atomic E-state index is 8.94. The highest BCUT2D eigenvalue weighted by molar-refractivity contribution is 5.49. The van der Waals surface area contributed by atoms with Crippen LogP contribution in [0.3, 0.4) is 0 Å². The highest BCUT2D eigenvalue weighted by Gasteiger charge is 2.18. The van der Waals surface area contributed by atoms with E-state index in [0.29, 0.717) is 0 Å². The molecule has 106 valence electrons. The molecule has 1 fully saturated rings. The second-order valence-electron chi connectivity index (χ2n) is 4.80. The number of aromatic nitrogens is 2. The summed E-state index contributed by atoms with van der Waals surface area (Å²) in [7, 11) is 2.03. The van der Waals surface area contributed by atoms with E-state index in [-0.39, 0.29) is 6.61 Å². The largest absolute Gasteiger partial charge is 0.395 e. The first-order valence-electron chi connectivity index (χ1n) is 6.86. The monoisotopic (exact) mass is 265 g/mol. The van der Waals surface area contributed by atoms with Crippen LogP contribution in [-0.2, 0) is 0 Å². The van der Waals surface area contributed by atoms with Gasteiger partial charge >= 0.3 is 0 Å². The summed E-state index contributed by atoms with van der Waals surface area (Å²) in [5.74, 6) is 1.96. The molecule has 0 aromatic carbocycles. The lowest BCUT2D eigenvalue weighted by atomic mass is 10.3. The highest BCUT2D eigenvalue weighted by Crippen LogP contribution is 2.17. The van der Waals surface area contributed by atoms with E-state index < -0.39 is 0 Å². The fourth-order valence-electron chi connectivity index (χ4n) is 2.22. The Hall–Kier alpha value is -1.40. The predicted molar refractivity (Wildman–Crippen MR) is 76.7 cm³/mol. The van der Waals surface area contributed by atoms with Crippen LogP contribution in [0.4, 0.5) is 11.6 Å². The van der Waals surface area contributed by atoms with Crippen molar-refractivity contribution in [2.75, 3.05) is 62.7 Å². The molecule has 2 rings (SSSR count). The van der Waals surface area contributed by atoms with Gasteiger partial charge in [0.2, 0.25) is 0 Å². The summed E-state index contributed by atoms with van der Waals surface area (Å²) in [6.45, 7) is 7.89. The van der Waals surface area contributed by atoms with E-state index in [1.807, 2.05) is 13.1 Å². The molecule has 1 saturated heterocycles. The molecule has 2 heterocycles. The van der Waals surface area contributed by atoms with Crippen LogP contribution in [0.5, 0.6) is 0 Å². The van der Waals surface area contributed by atoms with Gasteiger partial charge in [-0.3, -0.25) is 4.90 Å². The second kappa shape index (κ2) is 6.68. The minimum absolute atomic E-state index is 0.235. The minimum Gasteiger partial charge on any atom is -0.395 e. The van der Waals surface area contributed by atoms with Crippen molar-refractivity contribution in [1.29, 1.82) is 0 Å². The van der Waals surface area contributed by atoms with Crippen molar-refractivity contribution in [3.63, 3.8) is 0 Å². The topological polar surface area (TPSA) is 55.7 Å². The summed E-state index contributed by atoms with van der Waals surface area (Å²) in [4.78, 5) is 15.3. The quantitative estimate of drug-likeness (QED) is 0.812. The van der Waals surface area contributed by atoms with E-state index in [4.69, 9.17) is 5.11 Å². The van der Waals surface area contributed by atoms with Gasteiger partial charge in [-0.05, 0) is 6.92 Å². The number of β-amino-alcohol motifs (C(OH)–C–C–N with tert-alkyl or cyclic N) is 1. The van der Waals surface area contributed by atoms with E-state index in [9.17, 15) is 0 Å². The van der Waals surface area contributed by atoms with Gasteiger partial charge in [0.05, 0.1) is 6.61 Å². The molecule has 0 unspecified atom stereocenters. The Labute approximate surface area is 114 Å². The zero-order chi connectivity index (χ0) is 13.7. The Balaban J connectivity index is 1.99. The lowest BCUT2D eigenvalue weighted by Crippen LogP contribution is -2.47. The smallest absolute Gasteiger partial charge is 0.134 e. The van der Waals surface area contributed by atoms with Crippen LogP contribution in [0.2, 0.25) is 0 Å². The highest BCUT2D eigenvalue weighted by atomic mass is 16.3. The number of aliphatic hydroxyl groups is 1. The Morgan fingerprint density at radius 2 is 2.00 bits per heavy atom. The number of piperazine rings is 1. The van der Waals surface area contributed by atoms with Crippen molar-refractivity contribution in [2.45, 2.75) is 6.92 Å². The second-order valence-corrected chi connectivity index (χ2v) is 4.80. The third kappa shape index (κ3) is 3.54. The fraction of sp³-hybridized carbons (Fsp3) is 0.692. The molecule has 6 nitrogen and oxygen atoms in total. The predicted octanol–water partition coefficient (Wildman–Crippen LogP) is 0.0470. The first-order valence-corrected chi connectivity index (χ1v) is 6.86. The van der Waals surface area contributed by atoms with Crippen LogP contribution in [0, 0.1) is 0 Å². The molecule has 1 N–H and O–H groups in total. The Bertz CT molecular complexity index is 392. The SMILES string of the molecule is CCN(C)c1cc(N2CCN(CCO)CC2)ncn1. The van der Waals surface area contributed by atoms with Gasteiger partial charge in [-0.25, -0.2) is 9.97 Å². The molecule has 0 amide bonds. The molecule has 0 aliphatic carbocycles. The first-order chi connectivity index (χ1) is 9.24. The van der Waals surface area contributed by atoms with Crippen LogP contribution in [-0.4, -0.2) is 72.9 Å². The van der Waals surface area contributed by atoms with Crippen molar-refractivity contribution in [3.8, 4) is 0 Å². The van der Waals surface area contributed by atoms with Gasteiger partial charge in [-0.2, -0.15) is 0 Å². The number of anilines is 2. The first kappa shape index (κ1) is 14.0.